The molecule has 26 heavy (non-hydrogen) atoms. The van der Waals surface area contributed by atoms with Crippen LogP contribution in [0.4, 0.5) is 18.9 Å². The zero-order valence-corrected chi connectivity index (χ0v) is 14.1. The van der Waals surface area contributed by atoms with Crippen molar-refractivity contribution >= 4 is 11.6 Å². The van der Waals surface area contributed by atoms with Gasteiger partial charge in [-0.1, -0.05) is 18.2 Å². The smallest absolute Gasteiger partial charge is 0.382 e. The summed E-state index contributed by atoms with van der Waals surface area (Å²) in [6.07, 6.45) is -0.151. The molecule has 138 valence electrons. The van der Waals surface area contributed by atoms with E-state index in [1.165, 1.54) is 0 Å². The molecule has 0 atom stereocenters. The maximum Gasteiger partial charge on any atom is 0.433 e. The lowest BCUT2D eigenvalue weighted by atomic mass is 9.90. The van der Waals surface area contributed by atoms with Crippen molar-refractivity contribution in [1.82, 2.24) is 10.3 Å². The lowest BCUT2D eigenvalue weighted by molar-refractivity contribution is -0.141. The second kappa shape index (κ2) is 7.76. The molecule has 4 nitrogen and oxygen atoms in total. The lowest BCUT2D eigenvalue weighted by Crippen LogP contribution is -2.40. The predicted octanol–water partition coefficient (Wildman–Crippen LogP) is 4.25. The fourth-order valence-corrected chi connectivity index (χ4v) is 3.15. The number of aromatic nitrogens is 1. The highest BCUT2D eigenvalue weighted by molar-refractivity contribution is 5.94. The zero-order chi connectivity index (χ0) is 18.6. The van der Waals surface area contributed by atoms with E-state index in [4.69, 9.17) is 0 Å². The molecule has 2 aromatic rings. The number of rotatable bonds is 4. The first-order valence-corrected chi connectivity index (χ1v) is 8.57. The minimum atomic E-state index is -4.45. The summed E-state index contributed by atoms with van der Waals surface area (Å²) in [6, 6.07) is 11.8. The van der Waals surface area contributed by atoms with Crippen molar-refractivity contribution in [1.29, 1.82) is 0 Å². The number of amides is 1. The molecule has 0 radical (unpaired) electrons. The Kier molecular flexibility index (Phi) is 5.44. The Labute approximate surface area is 149 Å². The van der Waals surface area contributed by atoms with Gasteiger partial charge >= 0.3 is 6.18 Å². The van der Waals surface area contributed by atoms with E-state index in [0.29, 0.717) is 11.3 Å². The van der Waals surface area contributed by atoms with Gasteiger partial charge < -0.3 is 10.6 Å². The minimum absolute atomic E-state index is 0.0864. The first-order valence-electron chi connectivity index (χ1n) is 8.57. The SMILES string of the molecule is O=C(NC1CCC(Nc2ccnc(C(F)(F)F)c2)CC1)c1ccccc1. The number of alkyl halides is 3. The van der Waals surface area contributed by atoms with Crippen molar-refractivity contribution in [2.75, 3.05) is 5.32 Å². The topological polar surface area (TPSA) is 54.0 Å². The quantitative estimate of drug-likeness (QED) is 0.854. The van der Waals surface area contributed by atoms with Gasteiger partial charge in [0.2, 0.25) is 0 Å². The Balaban J connectivity index is 1.51. The molecule has 7 heteroatoms. The molecular weight excluding hydrogens is 343 g/mol. The van der Waals surface area contributed by atoms with Crippen LogP contribution >= 0.6 is 0 Å². The number of hydrogen-bond donors (Lipinski definition) is 2. The number of benzene rings is 1. The molecule has 1 heterocycles. The number of halogens is 3. The van der Waals surface area contributed by atoms with Crippen LogP contribution in [0.1, 0.15) is 41.7 Å². The van der Waals surface area contributed by atoms with Gasteiger partial charge in [-0.15, -0.1) is 0 Å². The Bertz CT molecular complexity index is 741. The van der Waals surface area contributed by atoms with Gasteiger partial charge in [-0.2, -0.15) is 13.2 Å². The fourth-order valence-electron chi connectivity index (χ4n) is 3.15. The lowest BCUT2D eigenvalue weighted by Gasteiger charge is -2.30. The zero-order valence-electron chi connectivity index (χ0n) is 14.1. The van der Waals surface area contributed by atoms with Crippen LogP contribution in [0, 0.1) is 0 Å². The summed E-state index contributed by atoms with van der Waals surface area (Å²) in [5.74, 6) is -0.0917. The summed E-state index contributed by atoms with van der Waals surface area (Å²) in [5.41, 5.74) is 0.152. The third-order valence-corrected chi connectivity index (χ3v) is 4.52. The summed E-state index contributed by atoms with van der Waals surface area (Å²) in [6.45, 7) is 0. The maximum atomic E-state index is 12.7. The predicted molar refractivity (Wildman–Crippen MR) is 92.8 cm³/mol. The molecule has 1 aromatic heterocycles. The van der Waals surface area contributed by atoms with Crippen molar-refractivity contribution in [2.45, 2.75) is 43.9 Å². The van der Waals surface area contributed by atoms with Gasteiger partial charge in [-0.05, 0) is 49.9 Å². The largest absolute Gasteiger partial charge is 0.433 e. The number of nitrogens with one attached hydrogen (secondary N) is 2. The molecule has 3 rings (SSSR count). The van der Waals surface area contributed by atoms with E-state index in [1.807, 2.05) is 18.2 Å². The van der Waals surface area contributed by atoms with Gasteiger partial charge in [0.25, 0.3) is 5.91 Å². The molecule has 0 spiro atoms. The van der Waals surface area contributed by atoms with E-state index in [2.05, 4.69) is 15.6 Å². The highest BCUT2D eigenvalue weighted by Crippen LogP contribution is 2.30. The Hall–Kier alpha value is -2.57. The average molecular weight is 363 g/mol. The Morgan fingerprint density at radius 2 is 1.65 bits per heavy atom. The molecule has 0 bridgehead atoms. The molecule has 0 aliphatic heterocycles. The number of carbonyl (C=O) groups excluding carboxylic acids is 1. The maximum absolute atomic E-state index is 12.7. The van der Waals surface area contributed by atoms with Crippen LogP contribution in [-0.4, -0.2) is 23.0 Å². The van der Waals surface area contributed by atoms with Crippen LogP contribution in [0.3, 0.4) is 0 Å². The fraction of sp³-hybridized carbons (Fsp3) is 0.368. The van der Waals surface area contributed by atoms with Crippen LogP contribution in [0.15, 0.2) is 48.7 Å². The van der Waals surface area contributed by atoms with E-state index in [1.54, 1.807) is 18.2 Å². The van der Waals surface area contributed by atoms with Gasteiger partial charge in [0.05, 0.1) is 0 Å². The number of carbonyl (C=O) groups is 1. The van der Waals surface area contributed by atoms with Crippen molar-refractivity contribution in [3.8, 4) is 0 Å². The van der Waals surface area contributed by atoms with Crippen molar-refractivity contribution in [3.63, 3.8) is 0 Å². The molecule has 1 aromatic carbocycles. The van der Waals surface area contributed by atoms with Crippen LogP contribution in [0.5, 0.6) is 0 Å². The van der Waals surface area contributed by atoms with Crippen molar-refractivity contribution in [2.24, 2.45) is 0 Å². The second-order valence-corrected chi connectivity index (χ2v) is 6.46. The molecule has 1 aliphatic carbocycles. The van der Waals surface area contributed by atoms with Crippen LogP contribution in [0.25, 0.3) is 0 Å². The molecule has 0 unspecified atom stereocenters. The number of anilines is 1. The Morgan fingerprint density at radius 3 is 2.31 bits per heavy atom. The molecule has 1 fully saturated rings. The first-order chi connectivity index (χ1) is 12.4. The van der Waals surface area contributed by atoms with Gasteiger partial charge in [-0.25, -0.2) is 0 Å². The molecule has 1 aliphatic rings. The molecule has 1 amide bonds. The van der Waals surface area contributed by atoms with Gasteiger partial charge in [0.1, 0.15) is 5.69 Å². The highest BCUT2D eigenvalue weighted by Gasteiger charge is 2.32. The summed E-state index contributed by atoms with van der Waals surface area (Å²) < 4.78 is 38.2. The first kappa shape index (κ1) is 18.2. The summed E-state index contributed by atoms with van der Waals surface area (Å²) in [7, 11) is 0. The van der Waals surface area contributed by atoms with E-state index in [-0.39, 0.29) is 18.0 Å². The highest BCUT2D eigenvalue weighted by atomic mass is 19.4. The summed E-state index contributed by atoms with van der Waals surface area (Å²) in [4.78, 5) is 15.5. The molecule has 1 saturated carbocycles. The third kappa shape index (κ3) is 4.74. The summed E-state index contributed by atoms with van der Waals surface area (Å²) in [5, 5.41) is 6.17. The van der Waals surface area contributed by atoms with Gasteiger partial charge in [-0.3, -0.25) is 9.78 Å². The Morgan fingerprint density at radius 1 is 1.00 bits per heavy atom. The van der Waals surface area contributed by atoms with E-state index < -0.39 is 11.9 Å². The van der Waals surface area contributed by atoms with Crippen LogP contribution < -0.4 is 10.6 Å². The third-order valence-electron chi connectivity index (χ3n) is 4.52. The van der Waals surface area contributed by atoms with Crippen LogP contribution in [0.2, 0.25) is 0 Å². The monoisotopic (exact) mass is 363 g/mol. The number of nitrogens with zero attached hydrogens (tertiary/aromatic N) is 1. The summed E-state index contributed by atoms with van der Waals surface area (Å²) >= 11 is 0. The van der Waals surface area contributed by atoms with Gasteiger partial charge in [0, 0.05) is 29.5 Å². The van der Waals surface area contributed by atoms with Crippen molar-refractivity contribution < 1.29 is 18.0 Å². The standard InChI is InChI=1S/C19H20F3N3O/c20-19(21,22)17-12-16(10-11-23-17)24-14-6-8-15(9-7-14)25-18(26)13-4-2-1-3-5-13/h1-5,10-12,14-15H,6-9H2,(H,23,24)(H,25,26). The van der Waals surface area contributed by atoms with E-state index in [0.717, 1.165) is 37.9 Å². The normalized spacial score (nSPS) is 20.4. The molecular formula is C19H20F3N3O. The average Bonchev–Trinajstić information content (AvgIpc) is 2.63. The van der Waals surface area contributed by atoms with Crippen LogP contribution in [-0.2, 0) is 6.18 Å². The minimum Gasteiger partial charge on any atom is -0.382 e. The molecule has 2 N–H and O–H groups in total. The number of pyridine rings is 1. The van der Waals surface area contributed by atoms with Crippen molar-refractivity contribution in [3.05, 3.63) is 59.9 Å². The second-order valence-electron chi connectivity index (χ2n) is 6.46. The molecule has 0 saturated heterocycles. The van der Waals surface area contributed by atoms with E-state index in [9.17, 15) is 18.0 Å². The van der Waals surface area contributed by atoms with Gasteiger partial charge in [0.15, 0.2) is 0 Å². The number of hydrogen-bond acceptors (Lipinski definition) is 3. The van der Waals surface area contributed by atoms with E-state index >= 15 is 0 Å².